The van der Waals surface area contributed by atoms with Crippen LogP contribution in [0.4, 0.5) is 0 Å². The lowest BCUT2D eigenvalue weighted by Gasteiger charge is -2.49. The van der Waals surface area contributed by atoms with Gasteiger partial charge in [-0.15, -0.1) is 5.54 Å². The summed E-state index contributed by atoms with van der Waals surface area (Å²) in [5.41, 5.74) is 7.12. The highest BCUT2D eigenvalue weighted by molar-refractivity contribution is 6.83. The van der Waals surface area contributed by atoms with Crippen LogP contribution in [0.15, 0.2) is 36.4 Å². The summed E-state index contributed by atoms with van der Waals surface area (Å²) in [4.78, 5) is 48.6. The predicted octanol–water partition coefficient (Wildman–Crippen LogP) is 4.60. The van der Waals surface area contributed by atoms with E-state index in [2.05, 4.69) is 31.1 Å². The monoisotopic (exact) mass is 656 g/mol. The van der Waals surface area contributed by atoms with E-state index in [0.29, 0.717) is 22.6 Å². The van der Waals surface area contributed by atoms with Crippen LogP contribution in [0.1, 0.15) is 55.5 Å². The molecule has 1 spiro atoms. The minimum absolute atomic E-state index is 0.0167. The van der Waals surface area contributed by atoms with Gasteiger partial charge in [-0.1, -0.05) is 49.3 Å². The average molecular weight is 657 g/mol. The highest BCUT2D eigenvalue weighted by Crippen LogP contribution is 2.49. The van der Waals surface area contributed by atoms with Gasteiger partial charge in [0, 0.05) is 43.8 Å². The first-order chi connectivity index (χ1) is 21.1. The van der Waals surface area contributed by atoms with Crippen molar-refractivity contribution in [2.75, 3.05) is 6.61 Å². The molecule has 0 amide bonds. The molecule has 0 N–H and O–H groups in total. The van der Waals surface area contributed by atoms with E-state index in [1.807, 2.05) is 24.3 Å². The van der Waals surface area contributed by atoms with Crippen molar-refractivity contribution < 1.29 is 47.6 Å². The number of carbonyl (C=O) groups excluding carboxylic acids is 4. The molecule has 2 aromatic carbocycles. The zero-order valence-corrected chi connectivity index (χ0v) is 28.1. The number of esters is 4. The van der Waals surface area contributed by atoms with Gasteiger partial charge in [-0.2, -0.15) is 0 Å². The topological polar surface area (TPSA) is 124 Å². The molecule has 5 atom stereocenters. The molecule has 2 aromatic rings. The van der Waals surface area contributed by atoms with Crippen LogP contribution in [-0.2, 0) is 66.4 Å². The summed E-state index contributed by atoms with van der Waals surface area (Å²) in [5.74, 6) is -1.35. The number of fused-ring (bicyclic) bond motifs is 2. The number of halogens is 1. The second kappa shape index (κ2) is 13.7. The van der Waals surface area contributed by atoms with Gasteiger partial charge in [0.15, 0.2) is 12.2 Å². The van der Waals surface area contributed by atoms with Crippen molar-refractivity contribution in [1.29, 1.82) is 0 Å². The number of ether oxygens (including phenoxy) is 6. The minimum atomic E-state index is -1.82. The summed E-state index contributed by atoms with van der Waals surface area (Å²) < 4.78 is 34.8. The fourth-order valence-electron chi connectivity index (χ4n) is 5.29. The maximum absolute atomic E-state index is 12.4. The SMILES string of the molecule is CC(=O)OCC1O[C@]2(OCc3cc(Cl)c(Cc4ccc(C#C[Si](C)(C)C)cc4)cc32)[C@H](OC(C)=O)[C@@H](OC(C)=O)[C@@H]1OC(C)=O. The molecule has 45 heavy (non-hydrogen) atoms. The van der Waals surface area contributed by atoms with Gasteiger partial charge >= 0.3 is 23.9 Å². The van der Waals surface area contributed by atoms with Gasteiger partial charge in [0.2, 0.25) is 11.9 Å². The van der Waals surface area contributed by atoms with Gasteiger partial charge in [-0.25, -0.2) is 0 Å². The van der Waals surface area contributed by atoms with Crippen LogP contribution < -0.4 is 0 Å². The van der Waals surface area contributed by atoms with Gasteiger partial charge in [-0.3, -0.25) is 19.2 Å². The van der Waals surface area contributed by atoms with Crippen LogP contribution in [0.2, 0.25) is 24.7 Å². The van der Waals surface area contributed by atoms with Crippen molar-refractivity contribution in [2.24, 2.45) is 0 Å². The average Bonchev–Trinajstić information content (AvgIpc) is 3.27. The van der Waals surface area contributed by atoms with Crippen LogP contribution in [0.25, 0.3) is 0 Å². The van der Waals surface area contributed by atoms with Crippen molar-refractivity contribution in [2.45, 2.75) is 90.6 Å². The third kappa shape index (κ3) is 8.32. The molecule has 0 saturated carbocycles. The van der Waals surface area contributed by atoms with Crippen LogP contribution >= 0.6 is 11.6 Å². The third-order valence-electron chi connectivity index (χ3n) is 7.06. The molecule has 10 nitrogen and oxygen atoms in total. The smallest absolute Gasteiger partial charge is 0.303 e. The van der Waals surface area contributed by atoms with E-state index < -0.39 is 62.2 Å². The van der Waals surface area contributed by atoms with Gasteiger partial charge < -0.3 is 28.4 Å². The van der Waals surface area contributed by atoms with Gasteiger partial charge in [0.05, 0.1) is 6.61 Å². The molecule has 1 saturated heterocycles. The Labute approximate surface area is 268 Å². The van der Waals surface area contributed by atoms with Crippen molar-refractivity contribution in [3.8, 4) is 11.5 Å². The van der Waals surface area contributed by atoms with Crippen LogP contribution in [-0.4, -0.2) is 63.0 Å². The molecular formula is C33H37ClO10Si. The quantitative estimate of drug-likeness (QED) is 0.181. The second-order valence-corrected chi connectivity index (χ2v) is 17.2. The number of hydrogen-bond donors (Lipinski definition) is 0. The molecule has 0 aromatic heterocycles. The van der Waals surface area contributed by atoms with E-state index in [0.717, 1.165) is 16.7 Å². The molecule has 2 aliphatic rings. The molecule has 240 valence electrons. The maximum Gasteiger partial charge on any atom is 0.303 e. The number of rotatable bonds is 7. The predicted molar refractivity (Wildman–Crippen MR) is 166 cm³/mol. The Morgan fingerprint density at radius 1 is 0.911 bits per heavy atom. The van der Waals surface area contributed by atoms with Crippen molar-refractivity contribution in [1.82, 2.24) is 0 Å². The first-order valence-corrected chi connectivity index (χ1v) is 18.4. The largest absolute Gasteiger partial charge is 0.463 e. The number of carbonyl (C=O) groups is 4. The number of hydrogen-bond acceptors (Lipinski definition) is 10. The Morgan fingerprint density at radius 2 is 1.53 bits per heavy atom. The molecule has 1 fully saturated rings. The summed E-state index contributed by atoms with van der Waals surface area (Å²) in [6.45, 7) is 10.9. The highest BCUT2D eigenvalue weighted by Gasteiger charge is 2.64. The van der Waals surface area contributed by atoms with Crippen molar-refractivity contribution in [3.05, 3.63) is 69.2 Å². The van der Waals surface area contributed by atoms with Gasteiger partial charge in [0.1, 0.15) is 20.8 Å². The van der Waals surface area contributed by atoms with E-state index in [1.165, 1.54) is 27.7 Å². The standard InChI is InChI=1S/C33H37ClO10Si/c1-19(35)39-18-29-30(41-20(2)36)31(42-21(3)37)32(43-22(4)38)33(44-29)27-15-25(28(34)16-26(27)17-40-33)14-24-10-8-23(9-11-24)12-13-45(5,6)7/h8-11,15-16,29-32H,14,17-18H2,1-7H3/t29?,30-,31+,32-,33+/m1/s1. The normalized spacial score (nSPS) is 23.7. The fourth-order valence-corrected chi connectivity index (χ4v) is 6.06. The summed E-state index contributed by atoms with van der Waals surface area (Å²) in [6.07, 6.45) is -4.80. The summed E-state index contributed by atoms with van der Waals surface area (Å²) in [7, 11) is -1.52. The third-order valence-corrected chi connectivity index (χ3v) is 8.28. The first-order valence-electron chi connectivity index (χ1n) is 14.5. The Bertz CT molecular complexity index is 1540. The van der Waals surface area contributed by atoms with E-state index in [4.69, 9.17) is 40.0 Å². The molecule has 4 rings (SSSR count). The Hall–Kier alpha value is -3.69. The highest BCUT2D eigenvalue weighted by atomic mass is 35.5. The van der Waals surface area contributed by atoms with E-state index in [9.17, 15) is 19.2 Å². The summed E-state index contributed by atoms with van der Waals surface area (Å²) in [5, 5.41) is 0.489. The Morgan fingerprint density at radius 3 is 2.11 bits per heavy atom. The van der Waals surface area contributed by atoms with Crippen LogP contribution in [0.5, 0.6) is 0 Å². The van der Waals surface area contributed by atoms with E-state index in [1.54, 1.807) is 12.1 Å². The molecule has 0 aliphatic carbocycles. The molecule has 2 aliphatic heterocycles. The lowest BCUT2D eigenvalue weighted by Crippen LogP contribution is -2.66. The van der Waals surface area contributed by atoms with Gasteiger partial charge in [0.25, 0.3) is 0 Å². The zero-order chi connectivity index (χ0) is 33.1. The van der Waals surface area contributed by atoms with Crippen molar-refractivity contribution >= 4 is 43.6 Å². The maximum atomic E-state index is 12.4. The lowest BCUT2D eigenvalue weighted by molar-refractivity contribution is -0.370. The summed E-state index contributed by atoms with van der Waals surface area (Å²) >= 11 is 6.74. The van der Waals surface area contributed by atoms with Crippen LogP contribution in [0, 0.1) is 11.5 Å². The zero-order valence-electron chi connectivity index (χ0n) is 26.4. The number of benzene rings is 2. The minimum Gasteiger partial charge on any atom is -0.463 e. The molecule has 2 heterocycles. The van der Waals surface area contributed by atoms with Crippen LogP contribution in [0.3, 0.4) is 0 Å². The Balaban J connectivity index is 1.79. The first kappa shape index (κ1) is 34.2. The van der Waals surface area contributed by atoms with Gasteiger partial charge in [-0.05, 0) is 47.4 Å². The molecule has 12 heteroatoms. The fraction of sp³-hybridized carbons (Fsp3) is 0.455. The van der Waals surface area contributed by atoms with Crippen molar-refractivity contribution in [3.63, 3.8) is 0 Å². The Kier molecular flexibility index (Phi) is 10.4. The molecular weight excluding hydrogens is 620 g/mol. The lowest BCUT2D eigenvalue weighted by atomic mass is 9.85. The molecule has 0 bridgehead atoms. The van der Waals surface area contributed by atoms with E-state index >= 15 is 0 Å². The summed E-state index contributed by atoms with van der Waals surface area (Å²) in [6, 6.07) is 11.5. The molecule has 0 radical (unpaired) electrons. The van der Waals surface area contributed by atoms with E-state index in [-0.39, 0.29) is 13.2 Å². The molecule has 1 unspecified atom stereocenters. The second-order valence-electron chi connectivity index (χ2n) is 12.1.